The molecule has 0 spiro atoms. The molecule has 0 bridgehead atoms. The van der Waals surface area contributed by atoms with Crippen molar-refractivity contribution in [2.24, 2.45) is 5.73 Å². The summed E-state index contributed by atoms with van der Waals surface area (Å²) in [7, 11) is 0. The molecule has 0 radical (unpaired) electrons. The summed E-state index contributed by atoms with van der Waals surface area (Å²) in [6, 6.07) is -0.662. The Labute approximate surface area is 84.0 Å². The van der Waals surface area contributed by atoms with Gasteiger partial charge in [-0.2, -0.15) is 0 Å². The lowest BCUT2D eigenvalue weighted by Crippen LogP contribution is -2.46. The van der Waals surface area contributed by atoms with Crippen LogP contribution in [0.4, 0.5) is 4.79 Å². The van der Waals surface area contributed by atoms with Gasteiger partial charge in [-0.25, -0.2) is 4.79 Å². The van der Waals surface area contributed by atoms with Crippen LogP contribution >= 0.6 is 0 Å². The second-order valence-corrected chi connectivity index (χ2v) is 4.05. The summed E-state index contributed by atoms with van der Waals surface area (Å²) in [4.78, 5) is 22.1. The predicted molar refractivity (Wildman–Crippen MR) is 52.9 cm³/mol. The Hall–Kier alpha value is -1.10. The molecule has 0 aromatic heterocycles. The lowest BCUT2D eigenvalue weighted by atomic mass is 10.2. The number of ketones is 1. The van der Waals surface area contributed by atoms with Crippen molar-refractivity contribution in [3.8, 4) is 0 Å². The Morgan fingerprint density at radius 2 is 1.93 bits per heavy atom. The van der Waals surface area contributed by atoms with E-state index in [9.17, 15) is 9.59 Å². The molecule has 0 saturated heterocycles. The fraction of sp³-hybridized carbons (Fsp3) is 0.778. The van der Waals surface area contributed by atoms with E-state index in [2.05, 4.69) is 5.32 Å². The number of alkyl carbamates (subject to hydrolysis) is 1. The van der Waals surface area contributed by atoms with E-state index in [0.717, 1.165) is 0 Å². The molecule has 0 saturated carbocycles. The van der Waals surface area contributed by atoms with E-state index in [-0.39, 0.29) is 12.3 Å². The first-order valence-corrected chi connectivity index (χ1v) is 4.46. The maximum absolute atomic E-state index is 11.2. The Morgan fingerprint density at radius 3 is 2.21 bits per heavy atom. The van der Waals surface area contributed by atoms with Gasteiger partial charge in [0.1, 0.15) is 11.6 Å². The van der Waals surface area contributed by atoms with Crippen molar-refractivity contribution in [1.29, 1.82) is 0 Å². The highest BCUT2D eigenvalue weighted by Crippen LogP contribution is 2.06. The molecule has 1 atom stereocenters. The van der Waals surface area contributed by atoms with E-state index < -0.39 is 17.7 Å². The number of carbonyl (C=O) groups excluding carboxylic acids is 2. The average molecular weight is 202 g/mol. The molecule has 0 aliphatic carbocycles. The number of hydrogen-bond donors (Lipinski definition) is 2. The lowest BCUT2D eigenvalue weighted by molar-refractivity contribution is -0.118. The lowest BCUT2D eigenvalue weighted by Gasteiger charge is -2.21. The van der Waals surface area contributed by atoms with Gasteiger partial charge >= 0.3 is 6.09 Å². The van der Waals surface area contributed by atoms with Gasteiger partial charge in [0.2, 0.25) is 0 Å². The van der Waals surface area contributed by atoms with Crippen LogP contribution in [0.25, 0.3) is 0 Å². The third kappa shape index (κ3) is 5.53. The van der Waals surface area contributed by atoms with E-state index in [1.807, 2.05) is 0 Å². The van der Waals surface area contributed by atoms with Crippen LogP contribution in [-0.2, 0) is 9.53 Å². The van der Waals surface area contributed by atoms with Crippen molar-refractivity contribution in [2.75, 3.05) is 6.54 Å². The normalized spacial score (nSPS) is 13.2. The summed E-state index contributed by atoms with van der Waals surface area (Å²) in [6.07, 6.45) is -0.622. The van der Waals surface area contributed by atoms with Crippen LogP contribution in [-0.4, -0.2) is 30.1 Å². The highest BCUT2D eigenvalue weighted by atomic mass is 16.6. The number of rotatable bonds is 3. The number of Topliss-reactive ketones (excluding diaryl/α,β-unsaturated/α-hetero) is 1. The van der Waals surface area contributed by atoms with Gasteiger partial charge < -0.3 is 15.8 Å². The largest absolute Gasteiger partial charge is 0.444 e. The highest BCUT2D eigenvalue weighted by Gasteiger charge is 2.20. The summed E-state index contributed by atoms with van der Waals surface area (Å²) < 4.78 is 4.96. The van der Waals surface area contributed by atoms with Crippen LogP contribution in [0.3, 0.4) is 0 Å². The second kappa shape index (κ2) is 4.95. The first kappa shape index (κ1) is 12.9. The van der Waals surface area contributed by atoms with Crippen molar-refractivity contribution in [3.63, 3.8) is 0 Å². The maximum atomic E-state index is 11.2. The van der Waals surface area contributed by atoms with Crippen molar-refractivity contribution in [1.82, 2.24) is 5.32 Å². The van der Waals surface area contributed by atoms with Crippen molar-refractivity contribution in [3.05, 3.63) is 0 Å². The molecular weight excluding hydrogens is 184 g/mol. The van der Waals surface area contributed by atoms with Crippen molar-refractivity contribution >= 4 is 11.9 Å². The number of nitrogens with one attached hydrogen (secondary N) is 1. The summed E-state index contributed by atoms with van der Waals surface area (Å²) in [5, 5.41) is 2.39. The van der Waals surface area contributed by atoms with Crippen LogP contribution < -0.4 is 11.1 Å². The van der Waals surface area contributed by atoms with E-state index in [0.29, 0.717) is 0 Å². The van der Waals surface area contributed by atoms with Gasteiger partial charge in [0.05, 0.1) is 0 Å². The zero-order chi connectivity index (χ0) is 11.4. The van der Waals surface area contributed by atoms with Gasteiger partial charge in [-0.3, -0.25) is 4.79 Å². The summed E-state index contributed by atoms with van der Waals surface area (Å²) in [6.45, 7) is 6.69. The molecule has 0 aliphatic heterocycles. The van der Waals surface area contributed by atoms with E-state index in [1.165, 1.54) is 6.92 Å². The quantitative estimate of drug-likeness (QED) is 0.695. The molecule has 5 nitrogen and oxygen atoms in total. The standard InChI is InChI=1S/C9H18N2O3/c1-6(12)7(5-10)11-8(13)14-9(2,3)4/h7H,5,10H2,1-4H3,(H,11,13). The summed E-state index contributed by atoms with van der Waals surface area (Å²) in [5.74, 6) is -0.182. The molecule has 1 unspecified atom stereocenters. The van der Waals surface area contributed by atoms with Gasteiger partial charge in [-0.1, -0.05) is 0 Å². The minimum absolute atomic E-state index is 0.0780. The zero-order valence-corrected chi connectivity index (χ0v) is 9.09. The van der Waals surface area contributed by atoms with Crippen molar-refractivity contribution < 1.29 is 14.3 Å². The van der Waals surface area contributed by atoms with Crippen LogP contribution in [0.5, 0.6) is 0 Å². The number of amides is 1. The number of hydrogen-bond acceptors (Lipinski definition) is 4. The average Bonchev–Trinajstić information content (AvgIpc) is 1.96. The molecule has 0 heterocycles. The molecular formula is C9H18N2O3. The Morgan fingerprint density at radius 1 is 1.43 bits per heavy atom. The van der Waals surface area contributed by atoms with Crippen LogP contribution in [0.2, 0.25) is 0 Å². The SMILES string of the molecule is CC(=O)C(CN)NC(=O)OC(C)(C)C. The smallest absolute Gasteiger partial charge is 0.408 e. The fourth-order valence-corrected chi connectivity index (χ4v) is 0.776. The maximum Gasteiger partial charge on any atom is 0.408 e. The second-order valence-electron chi connectivity index (χ2n) is 4.05. The number of ether oxygens (including phenoxy) is 1. The molecule has 5 heteroatoms. The molecule has 0 fully saturated rings. The van der Waals surface area contributed by atoms with Crippen molar-refractivity contribution in [2.45, 2.75) is 39.3 Å². The summed E-state index contributed by atoms with van der Waals surface area (Å²) in [5.41, 5.74) is 4.73. The number of carbonyl (C=O) groups is 2. The predicted octanol–water partition coefficient (Wildman–Crippen LogP) is 0.427. The minimum atomic E-state index is -0.662. The Balaban J connectivity index is 4.11. The van der Waals surface area contributed by atoms with E-state index in [4.69, 9.17) is 10.5 Å². The van der Waals surface area contributed by atoms with Gasteiger partial charge in [0.15, 0.2) is 5.78 Å². The number of nitrogens with two attached hydrogens (primary N) is 1. The molecule has 0 aliphatic rings. The topological polar surface area (TPSA) is 81.4 Å². The van der Waals surface area contributed by atoms with Gasteiger partial charge in [0.25, 0.3) is 0 Å². The molecule has 3 N–H and O–H groups in total. The van der Waals surface area contributed by atoms with Crippen LogP contribution in [0.15, 0.2) is 0 Å². The molecule has 0 aromatic carbocycles. The monoisotopic (exact) mass is 202 g/mol. The van der Waals surface area contributed by atoms with Gasteiger partial charge in [-0.15, -0.1) is 0 Å². The van der Waals surface area contributed by atoms with Gasteiger partial charge in [0, 0.05) is 6.54 Å². The third-order valence-corrected chi connectivity index (χ3v) is 1.42. The first-order valence-electron chi connectivity index (χ1n) is 4.46. The Kier molecular flexibility index (Phi) is 4.56. The summed E-state index contributed by atoms with van der Waals surface area (Å²) >= 11 is 0. The fourth-order valence-electron chi connectivity index (χ4n) is 0.776. The third-order valence-electron chi connectivity index (χ3n) is 1.42. The van der Waals surface area contributed by atoms with E-state index in [1.54, 1.807) is 20.8 Å². The first-order chi connectivity index (χ1) is 6.26. The molecule has 0 aromatic rings. The van der Waals surface area contributed by atoms with Crippen LogP contribution in [0, 0.1) is 0 Å². The molecule has 1 amide bonds. The minimum Gasteiger partial charge on any atom is -0.444 e. The van der Waals surface area contributed by atoms with Gasteiger partial charge in [-0.05, 0) is 27.7 Å². The molecule has 0 rings (SSSR count). The Bertz CT molecular complexity index is 221. The zero-order valence-electron chi connectivity index (χ0n) is 9.09. The van der Waals surface area contributed by atoms with E-state index >= 15 is 0 Å². The highest BCUT2D eigenvalue weighted by molar-refractivity contribution is 5.85. The molecule has 14 heavy (non-hydrogen) atoms. The van der Waals surface area contributed by atoms with Crippen LogP contribution in [0.1, 0.15) is 27.7 Å². The molecule has 82 valence electrons.